The summed E-state index contributed by atoms with van der Waals surface area (Å²) in [6.45, 7) is 2.21. The SMILES string of the molecule is COc1ccccc1NC(=O)CNC(C)c1cccnc1. The molecule has 0 aliphatic rings. The van der Waals surface area contributed by atoms with Gasteiger partial charge in [0.1, 0.15) is 5.75 Å². The number of pyridine rings is 1. The molecular weight excluding hydrogens is 266 g/mol. The molecule has 0 saturated heterocycles. The average molecular weight is 285 g/mol. The zero-order valence-corrected chi connectivity index (χ0v) is 12.2. The molecule has 110 valence electrons. The summed E-state index contributed by atoms with van der Waals surface area (Å²) in [5.41, 5.74) is 1.71. The van der Waals surface area contributed by atoms with Gasteiger partial charge < -0.3 is 15.4 Å². The summed E-state index contributed by atoms with van der Waals surface area (Å²) in [6, 6.07) is 11.2. The number of rotatable bonds is 6. The van der Waals surface area contributed by atoms with Crippen molar-refractivity contribution in [2.45, 2.75) is 13.0 Å². The van der Waals surface area contributed by atoms with Crippen LogP contribution in [0.4, 0.5) is 5.69 Å². The lowest BCUT2D eigenvalue weighted by molar-refractivity contribution is -0.115. The molecule has 0 aliphatic heterocycles. The molecule has 5 heteroatoms. The highest BCUT2D eigenvalue weighted by atomic mass is 16.5. The first-order valence-corrected chi connectivity index (χ1v) is 6.77. The number of para-hydroxylation sites is 2. The number of nitrogens with zero attached hydrogens (tertiary/aromatic N) is 1. The van der Waals surface area contributed by atoms with E-state index in [1.54, 1.807) is 31.6 Å². The van der Waals surface area contributed by atoms with E-state index < -0.39 is 0 Å². The second kappa shape index (κ2) is 7.40. The predicted octanol–water partition coefficient (Wildman–Crippen LogP) is 2.38. The number of anilines is 1. The molecule has 1 atom stereocenters. The standard InChI is InChI=1S/C16H19N3O2/c1-12(13-6-5-9-17-10-13)18-11-16(20)19-14-7-3-4-8-15(14)21-2/h3-10,12,18H,11H2,1-2H3,(H,19,20). The summed E-state index contributed by atoms with van der Waals surface area (Å²) in [5, 5.41) is 5.99. The molecule has 0 fully saturated rings. The molecule has 0 saturated carbocycles. The van der Waals surface area contributed by atoms with Crippen LogP contribution < -0.4 is 15.4 Å². The van der Waals surface area contributed by atoms with Crippen LogP contribution in [0.1, 0.15) is 18.5 Å². The normalized spacial score (nSPS) is 11.7. The monoisotopic (exact) mass is 285 g/mol. The van der Waals surface area contributed by atoms with Gasteiger partial charge in [-0.3, -0.25) is 9.78 Å². The van der Waals surface area contributed by atoms with Crippen LogP contribution in [0.25, 0.3) is 0 Å². The number of carbonyl (C=O) groups is 1. The van der Waals surface area contributed by atoms with Crippen LogP contribution in [0.2, 0.25) is 0 Å². The maximum absolute atomic E-state index is 12.0. The number of carbonyl (C=O) groups excluding carboxylic acids is 1. The van der Waals surface area contributed by atoms with E-state index in [0.717, 1.165) is 5.56 Å². The number of hydrogen-bond acceptors (Lipinski definition) is 4. The van der Waals surface area contributed by atoms with Crippen molar-refractivity contribution < 1.29 is 9.53 Å². The minimum Gasteiger partial charge on any atom is -0.495 e. The van der Waals surface area contributed by atoms with E-state index in [0.29, 0.717) is 11.4 Å². The Morgan fingerprint density at radius 1 is 1.29 bits per heavy atom. The summed E-state index contributed by atoms with van der Waals surface area (Å²) < 4.78 is 5.20. The van der Waals surface area contributed by atoms with Crippen LogP contribution in [0.5, 0.6) is 5.75 Å². The molecule has 1 heterocycles. The first-order chi connectivity index (χ1) is 10.2. The molecule has 21 heavy (non-hydrogen) atoms. The Kier molecular flexibility index (Phi) is 5.29. The lowest BCUT2D eigenvalue weighted by Gasteiger charge is -2.14. The zero-order chi connectivity index (χ0) is 15.1. The molecule has 1 aromatic heterocycles. The van der Waals surface area contributed by atoms with E-state index in [4.69, 9.17) is 4.74 Å². The van der Waals surface area contributed by atoms with Gasteiger partial charge in [-0.05, 0) is 30.7 Å². The smallest absolute Gasteiger partial charge is 0.238 e. The second-order valence-electron chi connectivity index (χ2n) is 4.64. The van der Waals surface area contributed by atoms with Crippen molar-refractivity contribution in [1.29, 1.82) is 0 Å². The van der Waals surface area contributed by atoms with Gasteiger partial charge >= 0.3 is 0 Å². The van der Waals surface area contributed by atoms with Gasteiger partial charge in [-0.25, -0.2) is 0 Å². The van der Waals surface area contributed by atoms with Crippen molar-refractivity contribution in [3.8, 4) is 5.75 Å². The van der Waals surface area contributed by atoms with Gasteiger partial charge in [0.15, 0.2) is 0 Å². The van der Waals surface area contributed by atoms with Crippen LogP contribution in [0, 0.1) is 0 Å². The van der Waals surface area contributed by atoms with E-state index in [-0.39, 0.29) is 18.5 Å². The van der Waals surface area contributed by atoms with Crippen molar-refractivity contribution in [3.05, 3.63) is 54.4 Å². The maximum Gasteiger partial charge on any atom is 0.238 e. The largest absolute Gasteiger partial charge is 0.495 e. The van der Waals surface area contributed by atoms with Crippen LogP contribution in [-0.4, -0.2) is 24.5 Å². The number of aromatic nitrogens is 1. The van der Waals surface area contributed by atoms with Crippen LogP contribution in [0.3, 0.4) is 0 Å². The molecular formula is C16H19N3O2. The fourth-order valence-electron chi connectivity index (χ4n) is 1.94. The highest BCUT2D eigenvalue weighted by molar-refractivity contribution is 5.93. The highest BCUT2D eigenvalue weighted by Gasteiger charge is 2.09. The Bertz CT molecular complexity index is 587. The molecule has 0 radical (unpaired) electrons. The molecule has 1 aromatic carbocycles. The predicted molar refractivity (Wildman–Crippen MR) is 82.3 cm³/mol. The Morgan fingerprint density at radius 2 is 2.10 bits per heavy atom. The third-order valence-electron chi connectivity index (χ3n) is 3.13. The van der Waals surface area contributed by atoms with Gasteiger partial charge in [0, 0.05) is 18.4 Å². The van der Waals surface area contributed by atoms with E-state index in [1.807, 2.05) is 31.2 Å². The van der Waals surface area contributed by atoms with E-state index in [9.17, 15) is 4.79 Å². The minimum absolute atomic E-state index is 0.0575. The Balaban J connectivity index is 1.88. The Hall–Kier alpha value is -2.40. The number of hydrogen-bond donors (Lipinski definition) is 2. The highest BCUT2D eigenvalue weighted by Crippen LogP contribution is 2.22. The van der Waals surface area contributed by atoms with Gasteiger partial charge in [-0.1, -0.05) is 18.2 Å². The number of methoxy groups -OCH3 is 1. The topological polar surface area (TPSA) is 63.2 Å². The number of amides is 1. The number of benzene rings is 1. The summed E-state index contributed by atoms with van der Waals surface area (Å²) in [4.78, 5) is 16.0. The number of ether oxygens (including phenoxy) is 1. The summed E-state index contributed by atoms with van der Waals surface area (Å²) in [7, 11) is 1.58. The molecule has 0 bridgehead atoms. The van der Waals surface area contributed by atoms with Gasteiger partial charge in [-0.15, -0.1) is 0 Å². The first-order valence-electron chi connectivity index (χ1n) is 6.77. The molecule has 2 aromatic rings. The van der Waals surface area contributed by atoms with Gasteiger partial charge in [0.2, 0.25) is 5.91 Å². The molecule has 2 rings (SSSR count). The van der Waals surface area contributed by atoms with E-state index in [1.165, 1.54) is 0 Å². The van der Waals surface area contributed by atoms with Crippen molar-refractivity contribution in [1.82, 2.24) is 10.3 Å². The molecule has 5 nitrogen and oxygen atoms in total. The summed E-state index contributed by atoms with van der Waals surface area (Å²) >= 11 is 0. The molecule has 1 amide bonds. The lowest BCUT2D eigenvalue weighted by atomic mass is 10.1. The molecule has 2 N–H and O–H groups in total. The van der Waals surface area contributed by atoms with Crippen molar-refractivity contribution in [2.24, 2.45) is 0 Å². The zero-order valence-electron chi connectivity index (χ0n) is 12.2. The van der Waals surface area contributed by atoms with Gasteiger partial charge in [0.25, 0.3) is 0 Å². The quantitative estimate of drug-likeness (QED) is 0.855. The lowest BCUT2D eigenvalue weighted by Crippen LogP contribution is -2.30. The minimum atomic E-state index is -0.116. The van der Waals surface area contributed by atoms with E-state index >= 15 is 0 Å². The van der Waals surface area contributed by atoms with Gasteiger partial charge in [0.05, 0.1) is 19.3 Å². The fourth-order valence-corrected chi connectivity index (χ4v) is 1.94. The maximum atomic E-state index is 12.0. The van der Waals surface area contributed by atoms with Crippen molar-refractivity contribution in [2.75, 3.05) is 19.0 Å². The van der Waals surface area contributed by atoms with E-state index in [2.05, 4.69) is 15.6 Å². The van der Waals surface area contributed by atoms with Crippen molar-refractivity contribution in [3.63, 3.8) is 0 Å². The Morgan fingerprint density at radius 3 is 2.81 bits per heavy atom. The fraction of sp³-hybridized carbons (Fsp3) is 0.250. The third kappa shape index (κ3) is 4.29. The number of nitrogens with one attached hydrogen (secondary N) is 2. The van der Waals surface area contributed by atoms with Crippen LogP contribution in [-0.2, 0) is 4.79 Å². The molecule has 0 aliphatic carbocycles. The summed E-state index contributed by atoms with van der Waals surface area (Å²) in [6.07, 6.45) is 3.51. The van der Waals surface area contributed by atoms with Gasteiger partial charge in [-0.2, -0.15) is 0 Å². The van der Waals surface area contributed by atoms with Crippen LogP contribution in [0.15, 0.2) is 48.8 Å². The molecule has 0 spiro atoms. The Labute approximate surface area is 124 Å². The van der Waals surface area contributed by atoms with Crippen molar-refractivity contribution >= 4 is 11.6 Å². The van der Waals surface area contributed by atoms with Crippen LogP contribution >= 0.6 is 0 Å². The second-order valence-corrected chi connectivity index (χ2v) is 4.64. The first kappa shape index (κ1) is 15.0. The average Bonchev–Trinajstić information content (AvgIpc) is 2.54. The summed E-state index contributed by atoms with van der Waals surface area (Å²) in [5.74, 6) is 0.529. The third-order valence-corrected chi connectivity index (χ3v) is 3.13. The molecule has 1 unspecified atom stereocenters.